The number of esters is 1. The molecule has 1 heterocycles. The number of benzene rings is 2. The Morgan fingerprint density at radius 3 is 2.53 bits per heavy atom. The van der Waals surface area contributed by atoms with Gasteiger partial charge in [-0.15, -0.1) is 10.2 Å². The second-order valence-electron chi connectivity index (χ2n) is 6.63. The number of carbonyl (C=O) groups is 2. The Balaban J connectivity index is 1.49. The molecular formula is C22H23N3O5. The molecule has 0 fully saturated rings. The molecule has 1 amide bonds. The highest BCUT2D eigenvalue weighted by Gasteiger charge is 2.19. The van der Waals surface area contributed by atoms with Crippen molar-refractivity contribution in [2.24, 2.45) is 0 Å². The summed E-state index contributed by atoms with van der Waals surface area (Å²) in [5.74, 6) is 0.529. The molecule has 3 aromatic rings. The van der Waals surface area contributed by atoms with Crippen molar-refractivity contribution in [1.82, 2.24) is 15.5 Å². The van der Waals surface area contributed by atoms with Crippen LogP contribution in [0.25, 0.3) is 11.5 Å². The second kappa shape index (κ2) is 9.69. The van der Waals surface area contributed by atoms with Gasteiger partial charge in [0.2, 0.25) is 5.89 Å². The number of carbonyl (C=O) groups excluding carboxylic acids is 2. The van der Waals surface area contributed by atoms with E-state index in [2.05, 4.69) is 15.5 Å². The molecule has 0 saturated heterocycles. The SMILES string of the molecule is COc1ccc(-c2nnc([C@H](C)OC(=O)CCNC(=O)c3ccccc3C)o2)cc1. The third kappa shape index (κ3) is 5.22. The summed E-state index contributed by atoms with van der Waals surface area (Å²) < 4.78 is 16.1. The number of hydrogen-bond acceptors (Lipinski definition) is 7. The molecule has 0 radical (unpaired) electrons. The molecule has 0 saturated carbocycles. The van der Waals surface area contributed by atoms with Crippen LogP contribution < -0.4 is 10.1 Å². The molecule has 1 atom stereocenters. The van der Waals surface area contributed by atoms with E-state index in [1.165, 1.54) is 0 Å². The van der Waals surface area contributed by atoms with Crippen LogP contribution in [0.1, 0.15) is 41.3 Å². The van der Waals surface area contributed by atoms with Gasteiger partial charge in [0.05, 0.1) is 13.5 Å². The number of methoxy groups -OCH3 is 1. The van der Waals surface area contributed by atoms with E-state index in [1.807, 2.05) is 19.1 Å². The normalized spacial score (nSPS) is 11.6. The van der Waals surface area contributed by atoms with E-state index in [0.717, 1.165) is 16.9 Å². The maximum Gasteiger partial charge on any atom is 0.308 e. The summed E-state index contributed by atoms with van der Waals surface area (Å²) in [6.45, 7) is 3.67. The van der Waals surface area contributed by atoms with Crippen molar-refractivity contribution in [3.8, 4) is 17.2 Å². The van der Waals surface area contributed by atoms with Crippen LogP contribution in [-0.2, 0) is 9.53 Å². The van der Waals surface area contributed by atoms with Crippen molar-refractivity contribution in [3.63, 3.8) is 0 Å². The van der Waals surface area contributed by atoms with Gasteiger partial charge in [-0.25, -0.2) is 0 Å². The zero-order valence-corrected chi connectivity index (χ0v) is 17.0. The molecule has 0 aliphatic carbocycles. The molecule has 1 aromatic heterocycles. The average Bonchev–Trinajstić information content (AvgIpc) is 3.24. The lowest BCUT2D eigenvalue weighted by Crippen LogP contribution is -2.27. The number of aryl methyl sites for hydroxylation is 1. The van der Waals surface area contributed by atoms with Crippen molar-refractivity contribution in [3.05, 3.63) is 65.5 Å². The summed E-state index contributed by atoms with van der Waals surface area (Å²) in [4.78, 5) is 24.2. The minimum absolute atomic E-state index is 0.0292. The average molecular weight is 409 g/mol. The topological polar surface area (TPSA) is 104 Å². The van der Waals surface area contributed by atoms with Gasteiger partial charge < -0.3 is 19.2 Å². The number of ether oxygens (including phenoxy) is 2. The predicted octanol–water partition coefficient (Wildman–Crippen LogP) is 3.48. The first-order valence-electron chi connectivity index (χ1n) is 9.49. The van der Waals surface area contributed by atoms with E-state index in [4.69, 9.17) is 13.9 Å². The molecule has 3 rings (SSSR count). The molecule has 0 unspecified atom stereocenters. The molecule has 0 spiro atoms. The van der Waals surface area contributed by atoms with Crippen LogP contribution in [0.5, 0.6) is 5.75 Å². The molecule has 1 N–H and O–H groups in total. The predicted molar refractivity (Wildman–Crippen MR) is 109 cm³/mol. The maximum absolute atomic E-state index is 12.2. The zero-order chi connectivity index (χ0) is 21.5. The fraction of sp³-hybridized carbons (Fsp3) is 0.273. The van der Waals surface area contributed by atoms with Crippen LogP contribution in [0, 0.1) is 6.92 Å². The van der Waals surface area contributed by atoms with E-state index in [-0.39, 0.29) is 24.8 Å². The van der Waals surface area contributed by atoms with Crippen LogP contribution in [0.2, 0.25) is 0 Å². The number of aromatic nitrogens is 2. The summed E-state index contributed by atoms with van der Waals surface area (Å²) in [5.41, 5.74) is 2.18. The lowest BCUT2D eigenvalue weighted by Gasteiger charge is -2.10. The first-order valence-corrected chi connectivity index (χ1v) is 9.49. The van der Waals surface area contributed by atoms with Crippen LogP contribution >= 0.6 is 0 Å². The second-order valence-corrected chi connectivity index (χ2v) is 6.63. The number of nitrogens with zero attached hydrogens (tertiary/aromatic N) is 2. The Kier molecular flexibility index (Phi) is 6.79. The zero-order valence-electron chi connectivity index (χ0n) is 17.0. The van der Waals surface area contributed by atoms with Crippen molar-refractivity contribution in [2.75, 3.05) is 13.7 Å². The molecule has 30 heavy (non-hydrogen) atoms. The molecule has 156 valence electrons. The number of nitrogens with one attached hydrogen (secondary N) is 1. The summed E-state index contributed by atoms with van der Waals surface area (Å²) in [7, 11) is 1.59. The van der Waals surface area contributed by atoms with Gasteiger partial charge in [0.25, 0.3) is 11.8 Å². The maximum atomic E-state index is 12.2. The number of hydrogen-bond donors (Lipinski definition) is 1. The van der Waals surface area contributed by atoms with Crippen LogP contribution in [0.3, 0.4) is 0 Å². The third-order valence-electron chi connectivity index (χ3n) is 4.44. The van der Waals surface area contributed by atoms with Gasteiger partial charge in [-0.05, 0) is 49.7 Å². The lowest BCUT2D eigenvalue weighted by atomic mass is 10.1. The van der Waals surface area contributed by atoms with Crippen molar-refractivity contribution in [2.45, 2.75) is 26.4 Å². The Morgan fingerprint density at radius 1 is 1.10 bits per heavy atom. The summed E-state index contributed by atoms with van der Waals surface area (Å²) >= 11 is 0. The van der Waals surface area contributed by atoms with E-state index in [1.54, 1.807) is 50.4 Å². The standard InChI is InChI=1S/C22H23N3O5/c1-14-6-4-5-7-18(14)20(27)23-13-12-19(26)29-15(2)21-24-25-22(30-21)16-8-10-17(28-3)11-9-16/h4-11,15H,12-13H2,1-3H3,(H,23,27)/t15-/m0/s1. The van der Waals surface area contributed by atoms with Crippen molar-refractivity contribution >= 4 is 11.9 Å². The van der Waals surface area contributed by atoms with Gasteiger partial charge in [0.1, 0.15) is 5.75 Å². The van der Waals surface area contributed by atoms with Crippen LogP contribution in [0.15, 0.2) is 52.9 Å². The van der Waals surface area contributed by atoms with E-state index >= 15 is 0 Å². The molecular weight excluding hydrogens is 386 g/mol. The fourth-order valence-corrected chi connectivity index (χ4v) is 2.76. The summed E-state index contributed by atoms with van der Waals surface area (Å²) in [5, 5.41) is 10.7. The first-order chi connectivity index (χ1) is 14.5. The van der Waals surface area contributed by atoms with Gasteiger partial charge in [0, 0.05) is 17.7 Å². The third-order valence-corrected chi connectivity index (χ3v) is 4.44. The van der Waals surface area contributed by atoms with Crippen LogP contribution in [0.4, 0.5) is 0 Å². The van der Waals surface area contributed by atoms with Gasteiger partial charge >= 0.3 is 5.97 Å². The Hall–Kier alpha value is -3.68. The fourth-order valence-electron chi connectivity index (χ4n) is 2.76. The summed E-state index contributed by atoms with van der Waals surface area (Å²) in [6.07, 6.45) is -0.675. The van der Waals surface area contributed by atoms with Gasteiger partial charge in [-0.2, -0.15) is 0 Å². The molecule has 8 heteroatoms. The molecule has 2 aromatic carbocycles. The van der Waals surface area contributed by atoms with E-state index < -0.39 is 12.1 Å². The molecule has 0 aliphatic heterocycles. The Bertz CT molecular complexity index is 1010. The largest absolute Gasteiger partial charge is 0.497 e. The molecule has 0 aliphatic rings. The van der Waals surface area contributed by atoms with Gasteiger partial charge in [-0.1, -0.05) is 18.2 Å². The first kappa shape index (κ1) is 21.0. The minimum Gasteiger partial charge on any atom is -0.497 e. The molecule has 8 nitrogen and oxygen atoms in total. The lowest BCUT2D eigenvalue weighted by molar-refractivity contribution is -0.149. The van der Waals surface area contributed by atoms with Crippen molar-refractivity contribution < 1.29 is 23.5 Å². The highest BCUT2D eigenvalue weighted by molar-refractivity contribution is 5.95. The highest BCUT2D eigenvalue weighted by atomic mass is 16.6. The van der Waals surface area contributed by atoms with E-state index in [0.29, 0.717) is 11.5 Å². The number of amides is 1. The summed E-state index contributed by atoms with van der Waals surface area (Å²) in [6, 6.07) is 14.4. The monoisotopic (exact) mass is 409 g/mol. The van der Waals surface area contributed by atoms with Gasteiger partial charge in [0.15, 0.2) is 6.10 Å². The quantitative estimate of drug-likeness (QED) is 0.568. The van der Waals surface area contributed by atoms with Crippen molar-refractivity contribution in [1.29, 1.82) is 0 Å². The Labute approximate surface area is 174 Å². The molecule has 0 bridgehead atoms. The minimum atomic E-state index is -0.705. The van der Waals surface area contributed by atoms with Gasteiger partial charge in [-0.3, -0.25) is 9.59 Å². The Morgan fingerprint density at radius 2 is 1.83 bits per heavy atom. The smallest absolute Gasteiger partial charge is 0.308 e. The van der Waals surface area contributed by atoms with E-state index in [9.17, 15) is 9.59 Å². The highest BCUT2D eigenvalue weighted by Crippen LogP contribution is 2.24. The van der Waals surface area contributed by atoms with Crippen LogP contribution in [-0.4, -0.2) is 35.7 Å². The number of rotatable bonds is 8.